The summed E-state index contributed by atoms with van der Waals surface area (Å²) in [6.07, 6.45) is 1.51. The van der Waals surface area contributed by atoms with Crippen molar-refractivity contribution in [3.05, 3.63) is 35.9 Å². The lowest BCUT2D eigenvalue weighted by molar-refractivity contribution is -0.133. The zero-order valence-corrected chi connectivity index (χ0v) is 13.2. The maximum atomic E-state index is 12.3. The molecule has 0 unspecified atom stereocenters. The molecule has 0 spiro atoms. The van der Waals surface area contributed by atoms with E-state index in [9.17, 15) is 4.79 Å². The van der Waals surface area contributed by atoms with Crippen LogP contribution in [0.15, 0.2) is 30.3 Å². The van der Waals surface area contributed by atoms with Gasteiger partial charge in [-0.3, -0.25) is 4.79 Å². The number of hydrogen-bond acceptors (Lipinski definition) is 2. The Labute approximate surface area is 123 Å². The van der Waals surface area contributed by atoms with Crippen molar-refractivity contribution < 1.29 is 4.79 Å². The van der Waals surface area contributed by atoms with Crippen molar-refractivity contribution in [1.29, 1.82) is 0 Å². The lowest BCUT2D eigenvalue weighted by Gasteiger charge is -2.27. The fourth-order valence-electron chi connectivity index (χ4n) is 2.11. The van der Waals surface area contributed by atoms with Crippen LogP contribution in [0.25, 0.3) is 0 Å². The van der Waals surface area contributed by atoms with Crippen molar-refractivity contribution in [1.82, 2.24) is 10.2 Å². The Morgan fingerprint density at radius 2 is 1.80 bits per heavy atom. The molecule has 0 heterocycles. The Balaban J connectivity index is 2.47. The van der Waals surface area contributed by atoms with Gasteiger partial charge in [-0.05, 0) is 32.4 Å². The number of rotatable bonds is 8. The fourth-order valence-corrected chi connectivity index (χ4v) is 2.11. The third-order valence-electron chi connectivity index (χ3n) is 3.26. The Morgan fingerprint density at radius 1 is 1.15 bits per heavy atom. The SMILES string of the molecule is CC(C)NCCCC(=O)N(Cc1ccccc1)C(C)C. The lowest BCUT2D eigenvalue weighted by Crippen LogP contribution is -2.36. The number of carbonyl (C=O) groups excluding carboxylic acids is 1. The Bertz CT molecular complexity index is 387. The number of benzene rings is 1. The highest BCUT2D eigenvalue weighted by Gasteiger charge is 2.16. The number of carbonyl (C=O) groups is 1. The number of amides is 1. The van der Waals surface area contributed by atoms with E-state index in [1.807, 2.05) is 23.1 Å². The predicted octanol–water partition coefficient (Wildman–Crippen LogP) is 3.20. The standard InChI is InChI=1S/C17H28N2O/c1-14(2)18-12-8-11-17(20)19(15(3)4)13-16-9-6-5-7-10-16/h5-7,9-10,14-15,18H,8,11-13H2,1-4H3. The van der Waals surface area contributed by atoms with E-state index in [1.165, 1.54) is 5.56 Å². The zero-order valence-electron chi connectivity index (χ0n) is 13.2. The molecule has 1 N–H and O–H groups in total. The molecule has 3 nitrogen and oxygen atoms in total. The normalized spacial score (nSPS) is 11.1. The summed E-state index contributed by atoms with van der Waals surface area (Å²) >= 11 is 0. The quantitative estimate of drug-likeness (QED) is 0.740. The molecule has 0 bridgehead atoms. The Kier molecular flexibility index (Phi) is 7.31. The minimum absolute atomic E-state index is 0.237. The van der Waals surface area contributed by atoms with Crippen molar-refractivity contribution in [3.8, 4) is 0 Å². The highest BCUT2D eigenvalue weighted by atomic mass is 16.2. The molecule has 0 aliphatic heterocycles. The second kappa shape index (κ2) is 8.75. The highest BCUT2D eigenvalue weighted by Crippen LogP contribution is 2.10. The molecule has 1 rings (SSSR count). The predicted molar refractivity (Wildman–Crippen MR) is 84.5 cm³/mol. The molecule has 0 atom stereocenters. The Morgan fingerprint density at radius 3 is 2.35 bits per heavy atom. The van der Waals surface area contributed by atoms with Gasteiger partial charge in [-0.15, -0.1) is 0 Å². The third kappa shape index (κ3) is 6.20. The summed E-state index contributed by atoms with van der Waals surface area (Å²) in [5.41, 5.74) is 1.19. The first-order valence-electron chi connectivity index (χ1n) is 7.57. The topological polar surface area (TPSA) is 32.3 Å². The van der Waals surface area contributed by atoms with Gasteiger partial charge in [0.05, 0.1) is 0 Å². The summed E-state index contributed by atoms with van der Waals surface area (Å²) in [6, 6.07) is 10.9. The van der Waals surface area contributed by atoms with Crippen LogP contribution in [0.3, 0.4) is 0 Å². The molecule has 3 heteroatoms. The molecule has 1 aromatic rings. The summed E-state index contributed by atoms with van der Waals surface area (Å²) in [7, 11) is 0. The van der Waals surface area contributed by atoms with E-state index in [2.05, 4.69) is 45.1 Å². The van der Waals surface area contributed by atoms with E-state index in [1.54, 1.807) is 0 Å². The van der Waals surface area contributed by atoms with E-state index in [0.717, 1.165) is 13.0 Å². The van der Waals surface area contributed by atoms with Crippen molar-refractivity contribution in [2.75, 3.05) is 6.54 Å². The van der Waals surface area contributed by atoms with E-state index >= 15 is 0 Å². The summed E-state index contributed by atoms with van der Waals surface area (Å²) in [4.78, 5) is 14.3. The van der Waals surface area contributed by atoms with Crippen LogP contribution in [0.1, 0.15) is 46.1 Å². The van der Waals surface area contributed by atoms with E-state index in [0.29, 0.717) is 19.0 Å². The molecule has 0 radical (unpaired) electrons. The fraction of sp³-hybridized carbons (Fsp3) is 0.588. The minimum atomic E-state index is 0.237. The van der Waals surface area contributed by atoms with Gasteiger partial charge in [0, 0.05) is 25.0 Å². The van der Waals surface area contributed by atoms with E-state index in [4.69, 9.17) is 0 Å². The van der Waals surface area contributed by atoms with Crippen molar-refractivity contribution >= 4 is 5.91 Å². The van der Waals surface area contributed by atoms with E-state index < -0.39 is 0 Å². The first kappa shape index (κ1) is 16.7. The van der Waals surface area contributed by atoms with Gasteiger partial charge in [0.2, 0.25) is 5.91 Å². The largest absolute Gasteiger partial charge is 0.336 e. The molecular weight excluding hydrogens is 248 g/mol. The molecule has 0 aromatic heterocycles. The maximum absolute atomic E-state index is 12.3. The van der Waals surface area contributed by atoms with Crippen LogP contribution in [0.2, 0.25) is 0 Å². The van der Waals surface area contributed by atoms with Crippen LogP contribution in [-0.4, -0.2) is 29.4 Å². The minimum Gasteiger partial charge on any atom is -0.336 e. The molecule has 112 valence electrons. The highest BCUT2D eigenvalue weighted by molar-refractivity contribution is 5.76. The first-order valence-corrected chi connectivity index (χ1v) is 7.57. The van der Waals surface area contributed by atoms with Gasteiger partial charge in [-0.2, -0.15) is 0 Å². The van der Waals surface area contributed by atoms with Crippen LogP contribution >= 0.6 is 0 Å². The molecule has 0 aliphatic carbocycles. The number of nitrogens with one attached hydrogen (secondary N) is 1. The molecular formula is C17H28N2O. The Hall–Kier alpha value is -1.35. The second-order valence-electron chi connectivity index (χ2n) is 5.81. The second-order valence-corrected chi connectivity index (χ2v) is 5.81. The van der Waals surface area contributed by atoms with Crippen LogP contribution in [-0.2, 0) is 11.3 Å². The molecule has 0 fully saturated rings. The van der Waals surface area contributed by atoms with Gasteiger partial charge in [-0.1, -0.05) is 44.2 Å². The molecule has 0 saturated heterocycles. The van der Waals surface area contributed by atoms with Gasteiger partial charge < -0.3 is 10.2 Å². The molecule has 0 aliphatic rings. The maximum Gasteiger partial charge on any atom is 0.223 e. The third-order valence-corrected chi connectivity index (χ3v) is 3.26. The summed E-state index contributed by atoms with van der Waals surface area (Å²) in [6.45, 7) is 10.0. The monoisotopic (exact) mass is 276 g/mol. The summed E-state index contributed by atoms with van der Waals surface area (Å²) in [5.74, 6) is 0.245. The van der Waals surface area contributed by atoms with Crippen LogP contribution in [0.5, 0.6) is 0 Å². The van der Waals surface area contributed by atoms with Gasteiger partial charge >= 0.3 is 0 Å². The van der Waals surface area contributed by atoms with Crippen LogP contribution in [0, 0.1) is 0 Å². The lowest BCUT2D eigenvalue weighted by atomic mass is 10.1. The van der Waals surface area contributed by atoms with Gasteiger partial charge in [0.1, 0.15) is 0 Å². The van der Waals surface area contributed by atoms with Crippen LogP contribution in [0.4, 0.5) is 0 Å². The van der Waals surface area contributed by atoms with Gasteiger partial charge in [0.15, 0.2) is 0 Å². The number of nitrogens with zero attached hydrogens (tertiary/aromatic N) is 1. The van der Waals surface area contributed by atoms with E-state index in [-0.39, 0.29) is 11.9 Å². The molecule has 1 aromatic carbocycles. The summed E-state index contributed by atoms with van der Waals surface area (Å²) in [5, 5.41) is 3.35. The average Bonchev–Trinajstić information content (AvgIpc) is 2.41. The molecule has 20 heavy (non-hydrogen) atoms. The summed E-state index contributed by atoms with van der Waals surface area (Å²) < 4.78 is 0. The van der Waals surface area contributed by atoms with Crippen LogP contribution < -0.4 is 5.32 Å². The number of hydrogen-bond donors (Lipinski definition) is 1. The van der Waals surface area contributed by atoms with Crippen molar-refractivity contribution in [3.63, 3.8) is 0 Å². The molecule has 0 saturated carbocycles. The average molecular weight is 276 g/mol. The molecule has 1 amide bonds. The first-order chi connectivity index (χ1) is 9.50. The van der Waals surface area contributed by atoms with Crippen molar-refractivity contribution in [2.45, 2.75) is 59.2 Å². The smallest absolute Gasteiger partial charge is 0.223 e. The van der Waals surface area contributed by atoms with Gasteiger partial charge in [-0.25, -0.2) is 0 Å². The zero-order chi connectivity index (χ0) is 15.0. The van der Waals surface area contributed by atoms with Gasteiger partial charge in [0.25, 0.3) is 0 Å². The van der Waals surface area contributed by atoms with Crippen molar-refractivity contribution in [2.24, 2.45) is 0 Å².